The maximum Gasteiger partial charge on any atom is 0.258 e. The Hall–Kier alpha value is -1.52. The van der Waals surface area contributed by atoms with E-state index in [2.05, 4.69) is 5.32 Å². The SMILES string of the molecule is CCNc1c(CC)c(=O)n(COC)c2cc(CCl)ccc12. The second-order valence-corrected chi connectivity index (χ2v) is 5.14. The van der Waals surface area contributed by atoms with Gasteiger partial charge in [0.2, 0.25) is 0 Å². The Bertz CT molecular complexity index is 695. The number of alkyl halides is 1. The van der Waals surface area contributed by atoms with Gasteiger partial charge in [-0.25, -0.2) is 0 Å². The molecule has 0 bridgehead atoms. The predicted octanol–water partition coefficient (Wildman–Crippen LogP) is 3.34. The predicted molar refractivity (Wildman–Crippen MR) is 88.3 cm³/mol. The zero-order valence-electron chi connectivity index (χ0n) is 12.7. The van der Waals surface area contributed by atoms with Gasteiger partial charge < -0.3 is 10.1 Å². The summed E-state index contributed by atoms with van der Waals surface area (Å²) in [4.78, 5) is 12.7. The summed E-state index contributed by atoms with van der Waals surface area (Å²) in [5.74, 6) is 0.420. The molecule has 1 aromatic carbocycles. The van der Waals surface area contributed by atoms with E-state index in [1.54, 1.807) is 11.7 Å². The number of halogens is 1. The van der Waals surface area contributed by atoms with Crippen LogP contribution in [0.15, 0.2) is 23.0 Å². The molecule has 0 amide bonds. The first kappa shape index (κ1) is 15.9. The number of fused-ring (bicyclic) bond motifs is 1. The van der Waals surface area contributed by atoms with Gasteiger partial charge in [0.1, 0.15) is 6.73 Å². The van der Waals surface area contributed by atoms with Gasteiger partial charge in [0.05, 0.1) is 11.2 Å². The van der Waals surface area contributed by atoms with Gasteiger partial charge >= 0.3 is 0 Å². The van der Waals surface area contributed by atoms with Gasteiger partial charge in [-0.3, -0.25) is 9.36 Å². The number of benzene rings is 1. The molecular weight excluding hydrogens is 288 g/mol. The molecule has 0 aliphatic rings. The Labute approximate surface area is 129 Å². The molecule has 21 heavy (non-hydrogen) atoms. The average Bonchev–Trinajstić information content (AvgIpc) is 2.51. The van der Waals surface area contributed by atoms with Crippen molar-refractivity contribution in [2.24, 2.45) is 0 Å². The van der Waals surface area contributed by atoms with Crippen molar-refractivity contribution in [1.29, 1.82) is 0 Å². The quantitative estimate of drug-likeness (QED) is 0.832. The van der Waals surface area contributed by atoms with Gasteiger partial charge in [-0.15, -0.1) is 11.6 Å². The van der Waals surface area contributed by atoms with Crippen LogP contribution in [0.2, 0.25) is 0 Å². The molecular formula is C16H21ClN2O2. The van der Waals surface area contributed by atoms with Gasteiger partial charge in [0.15, 0.2) is 0 Å². The first-order valence-electron chi connectivity index (χ1n) is 7.14. The molecule has 0 atom stereocenters. The topological polar surface area (TPSA) is 43.3 Å². The summed E-state index contributed by atoms with van der Waals surface area (Å²) in [5, 5.41) is 4.36. The van der Waals surface area contributed by atoms with Crippen LogP contribution < -0.4 is 10.9 Å². The molecule has 1 heterocycles. The van der Waals surface area contributed by atoms with Crippen LogP contribution in [0.3, 0.4) is 0 Å². The van der Waals surface area contributed by atoms with E-state index < -0.39 is 0 Å². The number of hydrogen-bond donors (Lipinski definition) is 1. The Morgan fingerprint density at radius 3 is 2.67 bits per heavy atom. The molecule has 0 unspecified atom stereocenters. The van der Waals surface area contributed by atoms with Gasteiger partial charge in [0, 0.05) is 30.5 Å². The van der Waals surface area contributed by atoms with Crippen molar-refractivity contribution in [3.63, 3.8) is 0 Å². The number of rotatable bonds is 6. The Balaban J connectivity index is 2.88. The molecule has 0 fully saturated rings. The number of methoxy groups -OCH3 is 1. The lowest BCUT2D eigenvalue weighted by Gasteiger charge is -2.18. The summed E-state index contributed by atoms with van der Waals surface area (Å²) in [6.45, 7) is 5.03. The fraction of sp³-hybridized carbons (Fsp3) is 0.438. The highest BCUT2D eigenvalue weighted by atomic mass is 35.5. The third-order valence-corrected chi connectivity index (χ3v) is 3.86. The van der Waals surface area contributed by atoms with Crippen LogP contribution in [0.25, 0.3) is 10.9 Å². The summed E-state index contributed by atoms with van der Waals surface area (Å²) in [7, 11) is 1.59. The van der Waals surface area contributed by atoms with Gasteiger partial charge in [-0.1, -0.05) is 19.1 Å². The van der Waals surface area contributed by atoms with Crippen molar-refractivity contribution in [2.45, 2.75) is 32.9 Å². The minimum atomic E-state index is -0.00507. The lowest BCUT2D eigenvalue weighted by Crippen LogP contribution is -2.26. The zero-order valence-corrected chi connectivity index (χ0v) is 13.5. The Morgan fingerprint density at radius 1 is 1.33 bits per heavy atom. The third-order valence-electron chi connectivity index (χ3n) is 3.55. The van der Waals surface area contributed by atoms with E-state index in [9.17, 15) is 4.79 Å². The Kier molecular flexibility index (Phi) is 5.26. The smallest absolute Gasteiger partial charge is 0.258 e. The standard InChI is InChI=1S/C16H21ClN2O2/c1-4-12-15(18-5-2)13-7-6-11(9-17)8-14(13)19(10-21-3)16(12)20/h6-8,18H,4-5,9-10H2,1-3H3. The number of ether oxygens (including phenoxy) is 1. The maximum atomic E-state index is 12.7. The number of nitrogens with zero attached hydrogens (tertiary/aromatic N) is 1. The molecule has 114 valence electrons. The molecule has 0 saturated heterocycles. The van der Waals surface area contributed by atoms with E-state index in [0.717, 1.165) is 34.3 Å². The van der Waals surface area contributed by atoms with Crippen molar-refractivity contribution < 1.29 is 4.74 Å². The van der Waals surface area contributed by atoms with Crippen LogP contribution in [-0.4, -0.2) is 18.2 Å². The lowest BCUT2D eigenvalue weighted by atomic mass is 10.0. The highest BCUT2D eigenvalue weighted by molar-refractivity contribution is 6.17. The third kappa shape index (κ3) is 2.92. The summed E-state index contributed by atoms with van der Waals surface area (Å²) in [5.41, 5.74) is 3.55. The first-order chi connectivity index (χ1) is 10.2. The van der Waals surface area contributed by atoms with Crippen LogP contribution in [-0.2, 0) is 23.8 Å². The number of nitrogens with one attached hydrogen (secondary N) is 1. The summed E-state index contributed by atoms with van der Waals surface area (Å²) in [6, 6.07) is 5.98. The monoisotopic (exact) mass is 308 g/mol. The van der Waals surface area contributed by atoms with Gasteiger partial charge in [0.25, 0.3) is 5.56 Å². The molecule has 2 rings (SSSR count). The van der Waals surface area contributed by atoms with Crippen LogP contribution in [0, 0.1) is 0 Å². The largest absolute Gasteiger partial charge is 0.384 e. The van der Waals surface area contributed by atoms with E-state index in [1.165, 1.54) is 0 Å². The fourth-order valence-electron chi connectivity index (χ4n) is 2.60. The number of hydrogen-bond acceptors (Lipinski definition) is 3. The van der Waals surface area contributed by atoms with Crippen molar-refractivity contribution >= 4 is 28.2 Å². The van der Waals surface area contributed by atoms with Crippen molar-refractivity contribution in [3.05, 3.63) is 39.7 Å². The van der Waals surface area contributed by atoms with E-state index in [-0.39, 0.29) is 12.3 Å². The zero-order chi connectivity index (χ0) is 15.4. The van der Waals surface area contributed by atoms with E-state index in [4.69, 9.17) is 16.3 Å². The average molecular weight is 309 g/mol. The molecule has 0 radical (unpaired) electrons. The molecule has 0 aliphatic heterocycles. The highest BCUT2D eigenvalue weighted by Crippen LogP contribution is 2.27. The van der Waals surface area contributed by atoms with Crippen molar-refractivity contribution in [2.75, 3.05) is 19.0 Å². The van der Waals surface area contributed by atoms with Crippen molar-refractivity contribution in [3.8, 4) is 0 Å². The molecule has 2 aromatic rings. The molecule has 0 aliphatic carbocycles. The van der Waals surface area contributed by atoms with Crippen LogP contribution >= 0.6 is 11.6 Å². The van der Waals surface area contributed by atoms with Crippen LogP contribution in [0.5, 0.6) is 0 Å². The van der Waals surface area contributed by atoms with E-state index in [0.29, 0.717) is 12.3 Å². The van der Waals surface area contributed by atoms with Gasteiger partial charge in [-0.05, 0) is 25.0 Å². The minimum Gasteiger partial charge on any atom is -0.384 e. The molecule has 0 spiro atoms. The molecule has 1 N–H and O–H groups in total. The molecule has 4 nitrogen and oxygen atoms in total. The van der Waals surface area contributed by atoms with Crippen molar-refractivity contribution in [1.82, 2.24) is 4.57 Å². The van der Waals surface area contributed by atoms with E-state index in [1.807, 2.05) is 32.0 Å². The van der Waals surface area contributed by atoms with Crippen LogP contribution in [0.1, 0.15) is 25.0 Å². The Morgan fingerprint density at radius 2 is 2.10 bits per heavy atom. The normalized spacial score (nSPS) is 11.0. The summed E-state index contributed by atoms with van der Waals surface area (Å²) >= 11 is 5.92. The highest BCUT2D eigenvalue weighted by Gasteiger charge is 2.15. The molecule has 0 saturated carbocycles. The fourth-order valence-corrected chi connectivity index (χ4v) is 2.77. The number of aromatic nitrogens is 1. The first-order valence-corrected chi connectivity index (χ1v) is 7.68. The lowest BCUT2D eigenvalue weighted by molar-refractivity contribution is 0.132. The number of pyridine rings is 1. The molecule has 1 aromatic heterocycles. The van der Waals surface area contributed by atoms with Crippen LogP contribution in [0.4, 0.5) is 5.69 Å². The second kappa shape index (κ2) is 6.96. The van der Waals surface area contributed by atoms with E-state index >= 15 is 0 Å². The maximum absolute atomic E-state index is 12.7. The molecule has 5 heteroatoms. The van der Waals surface area contributed by atoms with Gasteiger partial charge in [-0.2, -0.15) is 0 Å². The number of anilines is 1. The summed E-state index contributed by atoms with van der Waals surface area (Å²) < 4.78 is 6.87. The minimum absolute atomic E-state index is 0.00507. The second-order valence-electron chi connectivity index (χ2n) is 4.87. The summed E-state index contributed by atoms with van der Waals surface area (Å²) in [6.07, 6.45) is 0.679.